The summed E-state index contributed by atoms with van der Waals surface area (Å²) in [5, 5.41) is 26.8. The minimum Gasteiger partial charge on any atom is -0.507 e. The number of carbonyl (C=O) groups excluding carboxylic acids is 2. The number of anilines is 3. The zero-order chi connectivity index (χ0) is 36.5. The van der Waals surface area contributed by atoms with E-state index in [1.54, 1.807) is 12.3 Å². The molecule has 2 fully saturated rings. The van der Waals surface area contributed by atoms with Gasteiger partial charge in [-0.15, -0.1) is 0 Å². The van der Waals surface area contributed by atoms with Gasteiger partial charge in [-0.05, 0) is 121 Å². The lowest BCUT2D eigenvalue weighted by molar-refractivity contribution is -0.122. The maximum atomic E-state index is 14.4. The zero-order valence-corrected chi connectivity index (χ0v) is 29.7. The minimum atomic E-state index is -1.06. The number of allylic oxidation sites excluding steroid dienone is 2. The van der Waals surface area contributed by atoms with Crippen LogP contribution >= 0.6 is 0 Å². The van der Waals surface area contributed by atoms with Crippen LogP contribution in [0, 0.1) is 17.8 Å². The number of carbonyl (C=O) groups is 2. The molecule has 2 saturated heterocycles. The van der Waals surface area contributed by atoms with E-state index < -0.39 is 25.1 Å². The van der Waals surface area contributed by atoms with E-state index in [9.17, 15) is 19.7 Å². The van der Waals surface area contributed by atoms with Crippen molar-refractivity contribution >= 4 is 58.4 Å². The van der Waals surface area contributed by atoms with E-state index in [0.717, 1.165) is 57.4 Å². The van der Waals surface area contributed by atoms with E-state index in [2.05, 4.69) is 18.3 Å². The number of nitrogens with zero attached hydrogens (tertiary/aromatic N) is 2. The normalized spacial score (nSPS) is 21.6. The van der Waals surface area contributed by atoms with Crippen LogP contribution in [0.1, 0.15) is 50.3 Å². The maximum absolute atomic E-state index is 14.4. The van der Waals surface area contributed by atoms with Gasteiger partial charge >= 0.3 is 7.12 Å². The number of amides is 2. The molecule has 9 heteroatoms. The molecule has 0 spiro atoms. The molecule has 0 unspecified atom stereocenters. The van der Waals surface area contributed by atoms with Crippen LogP contribution < -0.4 is 10.2 Å². The van der Waals surface area contributed by atoms with Crippen LogP contribution in [0.2, 0.25) is 6.32 Å². The predicted molar refractivity (Wildman–Crippen MR) is 210 cm³/mol. The van der Waals surface area contributed by atoms with Gasteiger partial charge in [-0.3, -0.25) is 19.5 Å². The number of pyridine rings is 1. The number of hydrogen-bond acceptors (Lipinski definition) is 7. The Morgan fingerprint density at radius 1 is 0.887 bits per heavy atom. The fourth-order valence-electron chi connectivity index (χ4n) is 8.67. The molecule has 1 aromatic heterocycles. The van der Waals surface area contributed by atoms with E-state index in [1.807, 2.05) is 103 Å². The summed E-state index contributed by atoms with van der Waals surface area (Å²) in [5.41, 5.74) is 7.42. The molecule has 4 atom stereocenters. The number of para-hydroxylation sites is 1. The molecule has 2 aliphatic heterocycles. The van der Waals surface area contributed by atoms with Gasteiger partial charge in [0.25, 0.3) is 0 Å². The summed E-state index contributed by atoms with van der Waals surface area (Å²) in [6.07, 6.45) is 7.12. The van der Waals surface area contributed by atoms with E-state index >= 15 is 0 Å². The molecule has 0 radical (unpaired) electrons. The third-order valence-electron chi connectivity index (χ3n) is 11.0. The van der Waals surface area contributed by atoms with Crippen molar-refractivity contribution in [3.8, 4) is 5.75 Å². The van der Waals surface area contributed by atoms with Crippen LogP contribution in [0.15, 0.2) is 127 Å². The van der Waals surface area contributed by atoms with Crippen LogP contribution in [0.25, 0.3) is 22.4 Å². The monoisotopic (exact) mass is 703 g/mol. The Morgan fingerprint density at radius 3 is 2.38 bits per heavy atom. The van der Waals surface area contributed by atoms with E-state index in [0.29, 0.717) is 24.9 Å². The highest BCUT2D eigenvalue weighted by molar-refractivity contribution is 6.43. The number of phenolic OH excluding ortho intramolecular Hbond substituents is 1. The third kappa shape index (κ3) is 6.78. The fourth-order valence-corrected chi connectivity index (χ4v) is 8.67. The molecule has 0 bridgehead atoms. The molecule has 53 heavy (non-hydrogen) atoms. The Labute approximate surface area is 310 Å². The van der Waals surface area contributed by atoms with Gasteiger partial charge in [0.05, 0.1) is 29.3 Å². The summed E-state index contributed by atoms with van der Waals surface area (Å²) < 4.78 is 6.34. The number of aromatic hydroxyl groups is 1. The van der Waals surface area contributed by atoms with Crippen molar-refractivity contribution in [2.24, 2.45) is 17.8 Å². The Balaban J connectivity index is 1.09. The Morgan fingerprint density at radius 2 is 1.62 bits per heavy atom. The van der Waals surface area contributed by atoms with Gasteiger partial charge in [0.15, 0.2) is 0 Å². The maximum Gasteiger partial charge on any atom is 0.455 e. The quantitative estimate of drug-likeness (QED) is 0.0758. The van der Waals surface area contributed by atoms with Crippen molar-refractivity contribution in [2.75, 3.05) is 10.2 Å². The molecule has 3 N–H and O–H groups in total. The summed E-state index contributed by atoms with van der Waals surface area (Å²) in [4.78, 5) is 34.5. The zero-order valence-electron chi connectivity index (χ0n) is 29.7. The van der Waals surface area contributed by atoms with Crippen molar-refractivity contribution in [1.82, 2.24) is 4.98 Å². The van der Waals surface area contributed by atoms with Crippen LogP contribution in [0.3, 0.4) is 0 Å². The van der Waals surface area contributed by atoms with Crippen molar-refractivity contribution < 1.29 is 24.4 Å². The highest BCUT2D eigenvalue weighted by Gasteiger charge is 2.57. The minimum absolute atomic E-state index is 0.171. The number of phenols is 1. The summed E-state index contributed by atoms with van der Waals surface area (Å²) in [5.74, 6) is -1.48. The van der Waals surface area contributed by atoms with Gasteiger partial charge in [-0.25, -0.2) is 0 Å². The summed E-state index contributed by atoms with van der Waals surface area (Å²) >= 11 is 0. The van der Waals surface area contributed by atoms with Crippen LogP contribution in [0.4, 0.5) is 17.1 Å². The highest BCUT2D eigenvalue weighted by atomic mass is 16.5. The molecule has 266 valence electrons. The predicted octanol–water partition coefficient (Wildman–Crippen LogP) is 8.81. The molecule has 4 aromatic carbocycles. The largest absolute Gasteiger partial charge is 0.507 e. The Bertz CT molecular complexity index is 2210. The molecular formula is C44H42BN3O5. The standard InChI is InChI=1S/C44H42BN3O5/c1-2-10-30-26-36-42(44(51)48(43(36)50)33-20-18-32(19-21-33)47-31-11-4-3-5-12-31)37-27-45(52)53-40(41(30)37)23-17-29(38-15-8-9-24-46-38)25-28-16-22-39(49)35-14-7-6-13-34(28)35/h3-9,11-16,18-22,24-25,36-37,40,42,47,49,52H,2,10,17,23,26-27H2,1H3/b29-25-/t36-,37+,40-,42-/m1/s1. The lowest BCUT2D eigenvalue weighted by Crippen LogP contribution is -2.46. The van der Waals surface area contributed by atoms with Gasteiger partial charge in [-0.1, -0.05) is 73.5 Å². The topological polar surface area (TPSA) is 112 Å². The van der Waals surface area contributed by atoms with Gasteiger partial charge in [0.2, 0.25) is 11.8 Å². The molecule has 1 aliphatic carbocycles. The van der Waals surface area contributed by atoms with Crippen molar-refractivity contribution in [3.05, 3.63) is 138 Å². The van der Waals surface area contributed by atoms with Gasteiger partial charge in [0, 0.05) is 23.0 Å². The summed E-state index contributed by atoms with van der Waals surface area (Å²) in [7, 11) is -1.06. The van der Waals surface area contributed by atoms with E-state index in [1.165, 1.54) is 10.5 Å². The van der Waals surface area contributed by atoms with E-state index in [4.69, 9.17) is 9.64 Å². The average Bonchev–Trinajstić information content (AvgIpc) is 3.43. The average molecular weight is 704 g/mol. The molecule has 8 nitrogen and oxygen atoms in total. The first kappa shape index (κ1) is 34.6. The van der Waals surface area contributed by atoms with Gasteiger partial charge in [0.1, 0.15) is 5.75 Å². The van der Waals surface area contributed by atoms with E-state index in [-0.39, 0.29) is 29.8 Å². The second kappa shape index (κ2) is 14.9. The van der Waals surface area contributed by atoms with Gasteiger partial charge in [-0.2, -0.15) is 0 Å². The fraction of sp³-hybridized carbons (Fsp3) is 0.250. The molecule has 8 rings (SSSR count). The van der Waals surface area contributed by atoms with Crippen molar-refractivity contribution in [3.63, 3.8) is 0 Å². The third-order valence-corrected chi connectivity index (χ3v) is 11.0. The van der Waals surface area contributed by atoms with Crippen LogP contribution in [0.5, 0.6) is 5.75 Å². The molecule has 5 aromatic rings. The number of rotatable bonds is 10. The smallest absolute Gasteiger partial charge is 0.455 e. The lowest BCUT2D eigenvalue weighted by Gasteiger charge is -2.43. The Kier molecular flexibility index (Phi) is 9.69. The SMILES string of the molecule is CCCC1=C2[C@@H](CC/C(=C/c3ccc(O)c4ccccc34)c3ccccn3)OB(O)C[C@@H]2[C@@H]2C(=O)N(c3ccc(Nc4ccccc4)cc3)C(=O)[C@@H]2C1. The number of nitrogens with one attached hydrogen (secondary N) is 1. The molecule has 3 heterocycles. The molecule has 2 amide bonds. The number of hydrogen-bond donors (Lipinski definition) is 3. The number of benzene rings is 4. The second-order valence-electron chi connectivity index (χ2n) is 14.3. The lowest BCUT2D eigenvalue weighted by atomic mass is 9.58. The van der Waals surface area contributed by atoms with Crippen LogP contribution in [-0.2, 0) is 14.2 Å². The second-order valence-corrected chi connectivity index (χ2v) is 14.3. The number of fused-ring (bicyclic) bond motifs is 4. The number of imide groups is 1. The first-order valence-corrected chi connectivity index (χ1v) is 18.6. The summed E-state index contributed by atoms with van der Waals surface area (Å²) in [6, 6.07) is 34.5. The van der Waals surface area contributed by atoms with Gasteiger partial charge < -0.3 is 20.1 Å². The molecular weight excluding hydrogens is 661 g/mol. The summed E-state index contributed by atoms with van der Waals surface area (Å²) in [6.45, 7) is 2.13. The van der Waals surface area contributed by atoms with Crippen molar-refractivity contribution in [2.45, 2.75) is 51.5 Å². The first-order chi connectivity index (χ1) is 25.9. The first-order valence-electron chi connectivity index (χ1n) is 18.6. The highest BCUT2D eigenvalue weighted by Crippen LogP contribution is 2.52. The number of aromatic nitrogens is 1. The molecule has 0 saturated carbocycles. The Hall–Kier alpha value is -5.51. The molecule has 3 aliphatic rings. The van der Waals surface area contributed by atoms with Crippen LogP contribution in [-0.4, -0.2) is 40.2 Å². The van der Waals surface area contributed by atoms with Crippen molar-refractivity contribution in [1.29, 1.82) is 0 Å².